The maximum atomic E-state index is 12.4. The van der Waals surface area contributed by atoms with E-state index in [1.165, 1.54) is 36.3 Å². The zero-order chi connectivity index (χ0) is 22.7. The number of piperidine rings is 1. The van der Waals surface area contributed by atoms with Crippen LogP contribution < -0.4 is 15.4 Å². The minimum Gasteiger partial charge on any atom is -0.406 e. The number of hydrogen-bond donors (Lipinski definition) is 2. The van der Waals surface area contributed by atoms with Gasteiger partial charge in [0, 0.05) is 23.9 Å². The molecule has 1 aromatic carbocycles. The Morgan fingerprint density at radius 1 is 1.24 bits per heavy atom. The van der Waals surface area contributed by atoms with Crippen LogP contribution in [0.2, 0.25) is 0 Å². The fraction of sp³-hybridized carbons (Fsp3) is 0.524. The molecular weight excluding hydrogens is 497 g/mol. The Kier molecular flexibility index (Phi) is 8.90. The van der Waals surface area contributed by atoms with Gasteiger partial charge < -0.3 is 15.0 Å². The molecule has 2 unspecified atom stereocenters. The molecule has 2 N–H and O–H groups in total. The number of thiazole rings is 1. The molecule has 0 saturated carbocycles. The van der Waals surface area contributed by atoms with Gasteiger partial charge >= 0.3 is 6.36 Å². The molecule has 2 aliphatic rings. The Morgan fingerprint density at radius 3 is 2.61 bits per heavy atom. The molecule has 4 rings (SSSR count). The molecule has 12 heteroatoms. The number of hydrogen-bond acceptors (Lipinski definition) is 7. The van der Waals surface area contributed by atoms with Crippen LogP contribution in [0.1, 0.15) is 18.5 Å². The molecule has 0 radical (unpaired) electrons. The summed E-state index contributed by atoms with van der Waals surface area (Å²) in [5.41, 5.74) is 1.41. The van der Waals surface area contributed by atoms with E-state index in [-0.39, 0.29) is 34.8 Å². The number of aromatic nitrogens is 1. The molecule has 182 valence electrons. The largest absolute Gasteiger partial charge is 0.573 e. The summed E-state index contributed by atoms with van der Waals surface area (Å²) in [5, 5.41) is 8.84. The van der Waals surface area contributed by atoms with Crippen LogP contribution in [0.5, 0.6) is 5.75 Å². The lowest BCUT2D eigenvalue weighted by Gasteiger charge is -2.29. The van der Waals surface area contributed by atoms with Crippen molar-refractivity contribution in [1.29, 1.82) is 0 Å². The van der Waals surface area contributed by atoms with Crippen LogP contribution in [0.15, 0.2) is 29.6 Å². The standard InChI is InChI=1S/C21H25F3N4O2S2.ClH/c1-28-8-6-13(7-9-28)11-25-20-27-18(29)17(32-20)10-15-12-31-19(26-15)14-2-4-16(5-3-14)30-21(22,23)24;/h2-5,12-13,17,20,25H,6-11H2,1H3,(H,27,29);1H. The first-order valence-corrected chi connectivity index (χ1v) is 12.3. The second-order valence-electron chi connectivity index (χ2n) is 8.09. The molecule has 6 nitrogen and oxygen atoms in total. The van der Waals surface area contributed by atoms with Crippen molar-refractivity contribution >= 4 is 41.4 Å². The summed E-state index contributed by atoms with van der Waals surface area (Å²) in [6.45, 7) is 3.13. The van der Waals surface area contributed by atoms with Gasteiger partial charge in [-0.2, -0.15) is 0 Å². The molecule has 2 aromatic rings. The number of rotatable bonds is 7. The van der Waals surface area contributed by atoms with Crippen LogP contribution >= 0.6 is 35.5 Å². The van der Waals surface area contributed by atoms with Crippen molar-refractivity contribution in [2.75, 3.05) is 26.7 Å². The van der Waals surface area contributed by atoms with Gasteiger partial charge in [0.05, 0.1) is 10.9 Å². The van der Waals surface area contributed by atoms with Crippen molar-refractivity contribution in [2.45, 2.75) is 36.4 Å². The fourth-order valence-corrected chi connectivity index (χ4v) is 5.79. The topological polar surface area (TPSA) is 66.5 Å². The predicted octanol–water partition coefficient (Wildman–Crippen LogP) is 4.12. The number of carbonyl (C=O) groups excluding carboxylic acids is 1. The molecule has 2 saturated heterocycles. The minimum absolute atomic E-state index is 0. The summed E-state index contributed by atoms with van der Waals surface area (Å²) >= 11 is 2.98. The number of halogens is 4. The van der Waals surface area contributed by atoms with Crippen LogP contribution in [0.3, 0.4) is 0 Å². The number of carbonyl (C=O) groups is 1. The highest BCUT2D eigenvalue weighted by Gasteiger charge is 2.34. The maximum Gasteiger partial charge on any atom is 0.573 e. The molecule has 2 atom stereocenters. The van der Waals surface area contributed by atoms with Gasteiger partial charge in [-0.05, 0) is 63.2 Å². The zero-order valence-corrected chi connectivity index (χ0v) is 20.4. The van der Waals surface area contributed by atoms with E-state index in [2.05, 4.69) is 32.3 Å². The van der Waals surface area contributed by atoms with Crippen LogP contribution in [-0.2, 0) is 11.2 Å². The Labute approximate surface area is 205 Å². The molecule has 3 heterocycles. The van der Waals surface area contributed by atoms with E-state index in [4.69, 9.17) is 0 Å². The molecule has 2 fully saturated rings. The van der Waals surface area contributed by atoms with Crippen LogP contribution in [0, 0.1) is 5.92 Å². The van der Waals surface area contributed by atoms with Gasteiger partial charge in [-0.15, -0.1) is 48.7 Å². The van der Waals surface area contributed by atoms with Crippen LogP contribution in [0.25, 0.3) is 10.6 Å². The van der Waals surface area contributed by atoms with E-state index < -0.39 is 6.36 Å². The summed E-state index contributed by atoms with van der Waals surface area (Å²) in [7, 11) is 2.14. The summed E-state index contributed by atoms with van der Waals surface area (Å²) in [5.74, 6) is 0.367. The first-order valence-electron chi connectivity index (χ1n) is 10.4. The van der Waals surface area contributed by atoms with Crippen LogP contribution in [0.4, 0.5) is 13.2 Å². The normalized spacial score (nSPS) is 22.1. The number of thioether (sulfide) groups is 1. The van der Waals surface area contributed by atoms with E-state index in [0.29, 0.717) is 22.9 Å². The van der Waals surface area contributed by atoms with E-state index in [1.807, 2.05) is 5.38 Å². The molecule has 0 bridgehead atoms. The monoisotopic (exact) mass is 522 g/mol. The number of ether oxygens (including phenoxy) is 1. The number of nitrogens with zero attached hydrogens (tertiary/aromatic N) is 2. The van der Waals surface area contributed by atoms with Gasteiger partial charge in [0.15, 0.2) is 0 Å². The van der Waals surface area contributed by atoms with Gasteiger partial charge in [0.25, 0.3) is 0 Å². The van der Waals surface area contributed by atoms with Gasteiger partial charge in [-0.1, -0.05) is 0 Å². The molecular formula is C21H26ClF3N4O2S2. The highest BCUT2D eigenvalue weighted by molar-refractivity contribution is 8.01. The number of likely N-dealkylation sites (tertiary alicyclic amines) is 1. The number of amides is 1. The lowest BCUT2D eigenvalue weighted by atomic mass is 9.97. The smallest absolute Gasteiger partial charge is 0.406 e. The molecule has 1 aromatic heterocycles. The van der Waals surface area contributed by atoms with Crippen molar-refractivity contribution in [3.05, 3.63) is 35.3 Å². The highest BCUT2D eigenvalue weighted by Crippen LogP contribution is 2.31. The quantitative estimate of drug-likeness (QED) is 0.570. The van der Waals surface area contributed by atoms with Crippen molar-refractivity contribution < 1.29 is 22.7 Å². The third-order valence-corrected chi connectivity index (χ3v) is 7.78. The minimum atomic E-state index is -4.71. The first-order chi connectivity index (χ1) is 15.2. The number of nitrogens with one attached hydrogen (secondary N) is 2. The van der Waals surface area contributed by atoms with Crippen molar-refractivity contribution in [3.8, 4) is 16.3 Å². The Morgan fingerprint density at radius 2 is 1.94 bits per heavy atom. The van der Waals surface area contributed by atoms with Gasteiger partial charge in [0.1, 0.15) is 16.3 Å². The number of alkyl halides is 3. The Bertz CT molecular complexity index is 921. The number of benzene rings is 1. The first kappa shape index (κ1) is 26.1. The van der Waals surface area contributed by atoms with E-state index in [9.17, 15) is 18.0 Å². The lowest BCUT2D eigenvalue weighted by Crippen LogP contribution is -2.42. The summed E-state index contributed by atoms with van der Waals surface area (Å²) in [4.78, 5) is 19.3. The van der Waals surface area contributed by atoms with Gasteiger partial charge in [0.2, 0.25) is 5.91 Å². The highest BCUT2D eigenvalue weighted by atomic mass is 35.5. The zero-order valence-electron chi connectivity index (χ0n) is 17.9. The third-order valence-electron chi connectivity index (χ3n) is 5.58. The average Bonchev–Trinajstić information content (AvgIpc) is 3.34. The SMILES string of the molecule is CN1CCC(CNC2NC(=O)C(Cc3csc(-c4ccc(OC(F)(F)F)cc4)n3)S2)CC1.Cl. The summed E-state index contributed by atoms with van der Waals surface area (Å²) < 4.78 is 40.8. The predicted molar refractivity (Wildman–Crippen MR) is 127 cm³/mol. The molecule has 1 amide bonds. The van der Waals surface area contributed by atoms with Crippen LogP contribution in [-0.4, -0.2) is 59.6 Å². The maximum absolute atomic E-state index is 12.4. The second kappa shape index (κ2) is 11.3. The molecule has 0 spiro atoms. The van der Waals surface area contributed by atoms with Crippen molar-refractivity contribution in [1.82, 2.24) is 20.5 Å². The Hall–Kier alpha value is -1.53. The van der Waals surface area contributed by atoms with E-state index in [0.717, 1.165) is 25.3 Å². The molecule has 33 heavy (non-hydrogen) atoms. The Balaban J connectivity index is 0.00000306. The van der Waals surface area contributed by atoms with Crippen molar-refractivity contribution in [3.63, 3.8) is 0 Å². The molecule has 2 aliphatic heterocycles. The summed E-state index contributed by atoms with van der Waals surface area (Å²) in [6, 6.07) is 5.63. The summed E-state index contributed by atoms with van der Waals surface area (Å²) in [6.07, 6.45) is -1.86. The molecule has 0 aliphatic carbocycles. The van der Waals surface area contributed by atoms with E-state index in [1.54, 1.807) is 23.9 Å². The van der Waals surface area contributed by atoms with E-state index >= 15 is 0 Å². The third kappa shape index (κ3) is 7.48. The second-order valence-corrected chi connectivity index (χ2v) is 10.3. The lowest BCUT2D eigenvalue weighted by molar-refractivity contribution is -0.274. The van der Waals surface area contributed by atoms with Crippen molar-refractivity contribution in [2.24, 2.45) is 5.92 Å². The average molecular weight is 523 g/mol. The fourth-order valence-electron chi connectivity index (χ4n) is 3.78. The van der Waals surface area contributed by atoms with Gasteiger partial charge in [-0.25, -0.2) is 4.98 Å². The van der Waals surface area contributed by atoms with Gasteiger partial charge in [-0.3, -0.25) is 10.1 Å².